The zero-order valence-electron chi connectivity index (χ0n) is 16.6. The van der Waals surface area contributed by atoms with Crippen LogP contribution in [0.2, 0.25) is 5.15 Å². The fourth-order valence-electron chi connectivity index (χ4n) is 3.08. The number of hydrogen-bond acceptors (Lipinski definition) is 5. The second-order valence-corrected chi connectivity index (χ2v) is 8.26. The summed E-state index contributed by atoms with van der Waals surface area (Å²) in [5.41, 5.74) is 2.84. The molecule has 0 spiro atoms. The zero-order chi connectivity index (χ0) is 22.1. The molecule has 0 unspecified atom stereocenters. The molecule has 4 aromatic rings. The average molecular weight is 458 g/mol. The Morgan fingerprint density at radius 2 is 1.90 bits per heavy atom. The van der Waals surface area contributed by atoms with Crippen molar-refractivity contribution in [3.8, 4) is 0 Å². The van der Waals surface area contributed by atoms with Gasteiger partial charge in [-0.1, -0.05) is 35.1 Å². The first-order chi connectivity index (χ1) is 14.8. The number of carbonyl (C=O) groups excluding carboxylic acids is 2. The summed E-state index contributed by atoms with van der Waals surface area (Å²) >= 11 is 7.75. The Labute approximate surface area is 185 Å². The number of benzene rings is 2. The summed E-state index contributed by atoms with van der Waals surface area (Å²) in [6.45, 7) is 3.43. The Morgan fingerprint density at radius 3 is 2.61 bits per heavy atom. The maximum absolute atomic E-state index is 13.1. The summed E-state index contributed by atoms with van der Waals surface area (Å²) in [6.07, 6.45) is 0. The highest BCUT2D eigenvalue weighted by Crippen LogP contribution is 2.29. The molecule has 0 radical (unpaired) electrons. The van der Waals surface area contributed by atoms with E-state index in [-0.39, 0.29) is 28.3 Å². The molecule has 158 valence electrons. The lowest BCUT2D eigenvalue weighted by molar-refractivity contribution is -0.114. The van der Waals surface area contributed by atoms with Gasteiger partial charge in [0.1, 0.15) is 11.0 Å². The second kappa shape index (κ2) is 8.44. The first-order valence-corrected chi connectivity index (χ1v) is 10.5. The van der Waals surface area contributed by atoms with E-state index >= 15 is 0 Å². The molecule has 0 fully saturated rings. The quantitative estimate of drug-likeness (QED) is 0.448. The van der Waals surface area contributed by atoms with Gasteiger partial charge in [-0.25, -0.2) is 14.1 Å². The van der Waals surface area contributed by atoms with Crippen LogP contribution < -0.4 is 10.6 Å². The van der Waals surface area contributed by atoms with Gasteiger partial charge in [0.15, 0.2) is 5.13 Å². The van der Waals surface area contributed by atoms with E-state index in [4.69, 9.17) is 11.6 Å². The van der Waals surface area contributed by atoms with Crippen LogP contribution in [-0.2, 0) is 11.3 Å². The van der Waals surface area contributed by atoms with Crippen LogP contribution in [0.25, 0.3) is 10.2 Å². The maximum Gasteiger partial charge on any atom is 0.260 e. The Hall–Kier alpha value is -3.30. The molecule has 0 saturated heterocycles. The normalized spacial score (nSPS) is 11.0. The molecule has 0 bridgehead atoms. The molecule has 7 nitrogen and oxygen atoms in total. The van der Waals surface area contributed by atoms with E-state index in [1.54, 1.807) is 37.3 Å². The number of aromatic nitrogens is 3. The van der Waals surface area contributed by atoms with Gasteiger partial charge in [0, 0.05) is 12.6 Å². The summed E-state index contributed by atoms with van der Waals surface area (Å²) in [5, 5.41) is 10.5. The minimum Gasteiger partial charge on any atom is -0.322 e. The van der Waals surface area contributed by atoms with Gasteiger partial charge >= 0.3 is 0 Å². The predicted octanol–water partition coefficient (Wildman–Crippen LogP) is 4.85. The highest BCUT2D eigenvalue weighted by molar-refractivity contribution is 7.22. The number of rotatable bonds is 5. The third kappa shape index (κ3) is 4.57. The van der Waals surface area contributed by atoms with Crippen LogP contribution in [-0.4, -0.2) is 26.6 Å². The average Bonchev–Trinajstić information content (AvgIpc) is 3.22. The van der Waals surface area contributed by atoms with E-state index in [0.717, 1.165) is 10.3 Å². The molecule has 31 heavy (non-hydrogen) atoms. The molecule has 4 rings (SSSR count). The summed E-state index contributed by atoms with van der Waals surface area (Å²) in [5.74, 6) is -0.914. The van der Waals surface area contributed by atoms with Crippen molar-refractivity contribution in [2.75, 3.05) is 10.6 Å². The first kappa shape index (κ1) is 21.0. The third-order valence-electron chi connectivity index (χ3n) is 4.47. The lowest BCUT2D eigenvalue weighted by Crippen LogP contribution is -2.13. The zero-order valence-corrected chi connectivity index (χ0v) is 18.1. The van der Waals surface area contributed by atoms with Crippen LogP contribution in [0, 0.1) is 12.7 Å². The number of amides is 2. The summed E-state index contributed by atoms with van der Waals surface area (Å²) < 4.78 is 15.4. The largest absolute Gasteiger partial charge is 0.322 e. The van der Waals surface area contributed by atoms with Crippen LogP contribution in [0.5, 0.6) is 0 Å². The highest BCUT2D eigenvalue weighted by Gasteiger charge is 2.21. The summed E-state index contributed by atoms with van der Waals surface area (Å²) in [4.78, 5) is 28.4. The molecule has 2 aromatic carbocycles. The van der Waals surface area contributed by atoms with Crippen LogP contribution in [0.15, 0.2) is 42.5 Å². The molecular weight excluding hydrogens is 441 g/mol. The number of nitrogens with one attached hydrogen (secondary N) is 2. The van der Waals surface area contributed by atoms with E-state index in [1.807, 2.05) is 0 Å². The third-order valence-corrected chi connectivity index (χ3v) is 5.79. The Morgan fingerprint density at radius 1 is 1.16 bits per heavy atom. The Kier molecular flexibility index (Phi) is 5.71. The molecule has 2 amide bonds. The van der Waals surface area contributed by atoms with Gasteiger partial charge in [-0.2, -0.15) is 5.10 Å². The van der Waals surface area contributed by atoms with Crippen LogP contribution in [0.1, 0.15) is 28.5 Å². The lowest BCUT2D eigenvalue weighted by atomic mass is 10.2. The highest BCUT2D eigenvalue weighted by atomic mass is 35.5. The number of nitrogens with zero attached hydrogens (tertiary/aromatic N) is 3. The molecular formula is C21H17ClFN5O2S. The van der Waals surface area contributed by atoms with E-state index < -0.39 is 0 Å². The molecule has 2 heterocycles. The lowest BCUT2D eigenvalue weighted by Gasteiger charge is -2.06. The summed E-state index contributed by atoms with van der Waals surface area (Å²) in [6, 6.07) is 11.3. The number of halogens is 2. The number of carbonyl (C=O) groups is 2. The number of thiazole rings is 1. The van der Waals surface area contributed by atoms with E-state index in [2.05, 4.69) is 20.7 Å². The van der Waals surface area contributed by atoms with E-state index in [9.17, 15) is 14.0 Å². The maximum atomic E-state index is 13.1. The first-order valence-electron chi connectivity index (χ1n) is 9.27. The van der Waals surface area contributed by atoms with E-state index in [0.29, 0.717) is 28.6 Å². The Bertz CT molecular complexity index is 1300. The molecule has 10 heteroatoms. The van der Waals surface area contributed by atoms with Crippen molar-refractivity contribution in [1.29, 1.82) is 0 Å². The number of hydrogen-bond donors (Lipinski definition) is 2. The fourth-order valence-corrected chi connectivity index (χ4v) is 4.35. The predicted molar refractivity (Wildman–Crippen MR) is 119 cm³/mol. The molecule has 0 aliphatic rings. The SMILES string of the molecule is CC(=O)Nc1nc2ccc(NC(=O)c3c(C)nn(Cc4ccc(F)cc4)c3Cl)cc2s1. The Balaban J connectivity index is 1.55. The van der Waals surface area contributed by atoms with Crippen molar-refractivity contribution < 1.29 is 14.0 Å². The molecule has 2 N–H and O–H groups in total. The molecule has 2 aromatic heterocycles. The van der Waals surface area contributed by atoms with Crippen molar-refractivity contribution in [1.82, 2.24) is 14.8 Å². The van der Waals surface area contributed by atoms with Crippen molar-refractivity contribution in [2.45, 2.75) is 20.4 Å². The molecule has 0 atom stereocenters. The topological polar surface area (TPSA) is 88.9 Å². The number of anilines is 2. The number of aryl methyl sites for hydroxylation is 1. The smallest absolute Gasteiger partial charge is 0.260 e. The van der Waals surface area contributed by atoms with E-state index in [1.165, 1.54) is 35.1 Å². The standard InChI is InChI=1S/C21H17ClFN5O2S/c1-11-18(19(22)28(27-11)10-13-3-5-14(23)6-4-13)20(30)25-15-7-8-16-17(9-15)31-21(26-16)24-12(2)29/h3-9H,10H2,1-2H3,(H,25,30)(H,24,26,29). The van der Waals surface area contributed by atoms with Gasteiger partial charge in [0.25, 0.3) is 5.91 Å². The molecule has 0 saturated carbocycles. The number of fused-ring (bicyclic) bond motifs is 1. The van der Waals surface area contributed by atoms with Crippen molar-refractivity contribution >= 4 is 55.8 Å². The fraction of sp³-hybridized carbons (Fsp3) is 0.143. The minimum atomic E-state index is -0.390. The van der Waals surface area contributed by atoms with Gasteiger partial charge in [-0.05, 0) is 42.8 Å². The monoisotopic (exact) mass is 457 g/mol. The minimum absolute atomic E-state index is 0.199. The second-order valence-electron chi connectivity index (χ2n) is 6.87. The molecule has 0 aliphatic heterocycles. The van der Waals surface area contributed by atoms with Crippen LogP contribution in [0.3, 0.4) is 0 Å². The van der Waals surface area contributed by atoms with Gasteiger partial charge in [0.2, 0.25) is 5.91 Å². The van der Waals surface area contributed by atoms with Gasteiger partial charge in [0.05, 0.1) is 28.0 Å². The van der Waals surface area contributed by atoms with Crippen molar-refractivity contribution in [2.24, 2.45) is 0 Å². The molecule has 0 aliphatic carbocycles. The summed E-state index contributed by atoms with van der Waals surface area (Å²) in [7, 11) is 0. The van der Waals surface area contributed by atoms with Gasteiger partial charge in [-0.3, -0.25) is 9.59 Å². The van der Waals surface area contributed by atoms with Gasteiger partial charge < -0.3 is 10.6 Å². The van der Waals surface area contributed by atoms with Gasteiger partial charge in [-0.15, -0.1) is 0 Å². The van der Waals surface area contributed by atoms with Crippen LogP contribution in [0.4, 0.5) is 15.2 Å². The van der Waals surface area contributed by atoms with Crippen molar-refractivity contribution in [3.05, 3.63) is 70.3 Å². The van der Waals surface area contributed by atoms with Crippen molar-refractivity contribution in [3.63, 3.8) is 0 Å². The van der Waals surface area contributed by atoms with Crippen LogP contribution >= 0.6 is 22.9 Å².